The summed E-state index contributed by atoms with van der Waals surface area (Å²) in [6.45, 7) is 0.0681. The highest BCUT2D eigenvalue weighted by Gasteiger charge is 2.85. The summed E-state index contributed by atoms with van der Waals surface area (Å²) in [4.78, 5) is 0. The standard InChI is InChI=1S/C6H3F8IO2/c1-2(7)6(14,15)17-3(16-2,4(8,9)10)5(11,12)13/h1H3. The summed E-state index contributed by atoms with van der Waals surface area (Å²) in [5, 5.41) is 0. The predicted octanol–water partition coefficient (Wildman–Crippen LogP) is 3.60. The van der Waals surface area contributed by atoms with Gasteiger partial charge >= 0.3 is 22.0 Å². The average molecular weight is 386 g/mol. The Hall–Kier alpha value is 0.0900. The fourth-order valence-electron chi connectivity index (χ4n) is 1.01. The molecule has 1 fully saturated rings. The van der Waals surface area contributed by atoms with E-state index in [2.05, 4.69) is 9.47 Å². The van der Waals surface area contributed by atoms with Gasteiger partial charge in [0.1, 0.15) is 0 Å². The number of rotatable bonds is 0. The summed E-state index contributed by atoms with van der Waals surface area (Å²) in [7, 11) is 0. The summed E-state index contributed by atoms with van der Waals surface area (Å²) in [6, 6.07) is 0. The number of halogens is 9. The monoisotopic (exact) mass is 386 g/mol. The minimum atomic E-state index is -6.18. The molecule has 102 valence electrons. The number of hydrogen-bond donors (Lipinski definition) is 0. The minimum Gasteiger partial charge on any atom is -0.292 e. The molecule has 2 atom stereocenters. The van der Waals surface area contributed by atoms with Crippen LogP contribution in [0, 0.1) is 0 Å². The van der Waals surface area contributed by atoms with Crippen molar-refractivity contribution in [1.82, 2.24) is 0 Å². The first-order chi connectivity index (χ1) is 7.16. The molecule has 2 unspecified atom stereocenters. The van der Waals surface area contributed by atoms with Crippen molar-refractivity contribution < 1.29 is 44.6 Å². The van der Waals surface area contributed by atoms with E-state index in [4.69, 9.17) is 0 Å². The van der Waals surface area contributed by atoms with Gasteiger partial charge in [0.25, 0.3) is 5.85 Å². The summed E-state index contributed by atoms with van der Waals surface area (Å²) in [6.07, 6.45) is -12.4. The fourth-order valence-corrected chi connectivity index (χ4v) is 1.43. The van der Waals surface area contributed by atoms with E-state index in [1.54, 1.807) is 0 Å². The van der Waals surface area contributed by atoms with Crippen molar-refractivity contribution in [1.29, 1.82) is 0 Å². The fraction of sp³-hybridized carbons (Fsp3) is 1.00. The Kier molecular flexibility index (Phi) is 3.17. The molecule has 0 amide bonds. The highest BCUT2D eigenvalue weighted by molar-refractivity contribution is 14.1. The van der Waals surface area contributed by atoms with E-state index in [-0.39, 0.29) is 6.92 Å². The molecule has 0 aromatic heterocycles. The smallest absolute Gasteiger partial charge is 0.292 e. The summed E-state index contributed by atoms with van der Waals surface area (Å²) >= 11 is 0.325. The molecule has 1 aliphatic rings. The van der Waals surface area contributed by atoms with Crippen LogP contribution in [-0.2, 0) is 9.47 Å². The zero-order valence-electron chi connectivity index (χ0n) is 7.72. The van der Waals surface area contributed by atoms with Crippen molar-refractivity contribution in [2.45, 2.75) is 34.8 Å². The van der Waals surface area contributed by atoms with Gasteiger partial charge < -0.3 is 0 Å². The van der Waals surface area contributed by atoms with Gasteiger partial charge in [-0.05, 0) is 22.6 Å². The Bertz CT molecular complexity index is 287. The van der Waals surface area contributed by atoms with Crippen molar-refractivity contribution in [3.63, 3.8) is 0 Å². The Balaban J connectivity index is 3.34. The quantitative estimate of drug-likeness (QED) is 0.360. The lowest BCUT2D eigenvalue weighted by Crippen LogP contribution is -2.58. The van der Waals surface area contributed by atoms with Crippen LogP contribution in [0.25, 0.3) is 0 Å². The van der Waals surface area contributed by atoms with Gasteiger partial charge in [0.05, 0.1) is 0 Å². The largest absolute Gasteiger partial charge is 0.453 e. The first-order valence-corrected chi connectivity index (χ1v) is 4.85. The van der Waals surface area contributed by atoms with Crippen LogP contribution >= 0.6 is 22.6 Å². The molecule has 1 rings (SSSR count). The normalized spacial score (nSPS) is 38.5. The van der Waals surface area contributed by atoms with Crippen molar-refractivity contribution >= 4 is 22.6 Å². The highest BCUT2D eigenvalue weighted by Crippen LogP contribution is 2.60. The molecule has 0 aliphatic carbocycles. The number of alkyl halides is 9. The van der Waals surface area contributed by atoms with Gasteiger partial charge in [-0.1, -0.05) is 0 Å². The lowest BCUT2D eigenvalue weighted by molar-refractivity contribution is -0.455. The lowest BCUT2D eigenvalue weighted by Gasteiger charge is -2.31. The van der Waals surface area contributed by atoms with Crippen LogP contribution in [0.2, 0.25) is 0 Å². The third kappa shape index (κ3) is 2.09. The maximum absolute atomic E-state index is 13.2. The van der Waals surface area contributed by atoms with Crippen molar-refractivity contribution in [2.75, 3.05) is 0 Å². The molecule has 0 aromatic carbocycles. The van der Waals surface area contributed by atoms with Crippen molar-refractivity contribution in [3.05, 3.63) is 0 Å². The second-order valence-electron chi connectivity index (χ2n) is 3.25. The van der Waals surface area contributed by atoms with E-state index in [0.717, 1.165) is 0 Å². The Labute approximate surface area is 102 Å². The van der Waals surface area contributed by atoms with E-state index in [9.17, 15) is 35.1 Å². The first-order valence-electron chi connectivity index (χ1n) is 3.77. The first kappa shape index (κ1) is 15.1. The highest BCUT2D eigenvalue weighted by atomic mass is 127. The van der Waals surface area contributed by atoms with Gasteiger partial charge in [0.15, 0.2) is 0 Å². The number of hydrogen-bond acceptors (Lipinski definition) is 2. The van der Waals surface area contributed by atoms with Crippen LogP contribution in [0.5, 0.6) is 0 Å². The Morgan fingerprint density at radius 1 is 0.882 bits per heavy atom. The zero-order valence-corrected chi connectivity index (χ0v) is 9.88. The molecule has 0 bridgehead atoms. The molecule has 0 N–H and O–H groups in total. The molecule has 11 heteroatoms. The van der Waals surface area contributed by atoms with Gasteiger partial charge in [-0.2, -0.15) is 30.7 Å². The van der Waals surface area contributed by atoms with Crippen LogP contribution in [0.15, 0.2) is 0 Å². The van der Waals surface area contributed by atoms with Crippen LogP contribution in [0.4, 0.5) is 35.1 Å². The van der Waals surface area contributed by atoms with Gasteiger partial charge in [0.2, 0.25) is 0 Å². The Morgan fingerprint density at radius 2 is 1.24 bits per heavy atom. The topological polar surface area (TPSA) is 18.5 Å². The van der Waals surface area contributed by atoms with Crippen LogP contribution in [0.1, 0.15) is 6.92 Å². The van der Waals surface area contributed by atoms with Crippen LogP contribution < -0.4 is 0 Å². The third-order valence-corrected chi connectivity index (χ3v) is 3.06. The lowest BCUT2D eigenvalue weighted by atomic mass is 10.2. The molecular weight excluding hydrogens is 383 g/mol. The van der Waals surface area contributed by atoms with Gasteiger partial charge in [-0.3, -0.25) is 9.47 Å². The molecule has 2 nitrogen and oxygen atoms in total. The summed E-state index contributed by atoms with van der Waals surface area (Å²) in [5.74, 6) is -9.22. The minimum absolute atomic E-state index is 0.0681. The van der Waals surface area contributed by atoms with E-state index in [1.807, 2.05) is 0 Å². The SMILES string of the molecule is CC1(F)OC(C(F)(F)F)(C(F)(F)F)OC1(F)I. The molecule has 1 aliphatic heterocycles. The molecule has 0 spiro atoms. The summed E-state index contributed by atoms with van der Waals surface area (Å²) in [5.41, 5.74) is 0. The van der Waals surface area contributed by atoms with Gasteiger partial charge in [0, 0.05) is 6.92 Å². The molecule has 1 heterocycles. The molecule has 0 saturated carbocycles. The maximum atomic E-state index is 13.2. The van der Waals surface area contributed by atoms with Crippen LogP contribution in [0.3, 0.4) is 0 Å². The molecule has 0 aromatic rings. The van der Waals surface area contributed by atoms with E-state index in [0.29, 0.717) is 22.6 Å². The predicted molar refractivity (Wildman–Crippen MR) is 44.4 cm³/mol. The second-order valence-corrected chi connectivity index (χ2v) is 4.64. The molecule has 17 heavy (non-hydrogen) atoms. The Morgan fingerprint density at radius 3 is 1.35 bits per heavy atom. The molecule has 1 saturated heterocycles. The maximum Gasteiger partial charge on any atom is 0.453 e. The van der Waals surface area contributed by atoms with Gasteiger partial charge in [-0.25, -0.2) is 4.39 Å². The van der Waals surface area contributed by atoms with Crippen molar-refractivity contribution in [3.8, 4) is 0 Å². The van der Waals surface area contributed by atoms with E-state index >= 15 is 0 Å². The zero-order chi connectivity index (χ0) is 13.9. The molecule has 0 radical (unpaired) electrons. The van der Waals surface area contributed by atoms with Crippen LogP contribution in [-0.4, -0.2) is 27.9 Å². The number of ether oxygens (including phenoxy) is 2. The van der Waals surface area contributed by atoms with Gasteiger partial charge in [-0.15, -0.1) is 0 Å². The third-order valence-electron chi connectivity index (χ3n) is 1.87. The van der Waals surface area contributed by atoms with Crippen molar-refractivity contribution in [2.24, 2.45) is 0 Å². The second kappa shape index (κ2) is 3.56. The summed E-state index contributed by atoms with van der Waals surface area (Å²) < 4.78 is 103. The van der Waals surface area contributed by atoms with E-state index in [1.165, 1.54) is 0 Å². The van der Waals surface area contributed by atoms with E-state index < -0.39 is 27.9 Å². The molecular formula is C6H3F8IO2. The average Bonchev–Trinajstić information content (AvgIpc) is 2.15.